The summed E-state index contributed by atoms with van der Waals surface area (Å²) >= 11 is 0. The van der Waals surface area contributed by atoms with Crippen molar-refractivity contribution in [2.24, 2.45) is 0 Å². The summed E-state index contributed by atoms with van der Waals surface area (Å²) < 4.78 is 0. The molecular formula is C14H23N3. The van der Waals surface area contributed by atoms with E-state index in [-0.39, 0.29) is 0 Å². The van der Waals surface area contributed by atoms with Gasteiger partial charge in [0.1, 0.15) is 5.82 Å². The third kappa shape index (κ3) is 2.78. The Morgan fingerprint density at radius 3 is 2.88 bits per heavy atom. The molecule has 0 saturated heterocycles. The van der Waals surface area contributed by atoms with E-state index < -0.39 is 0 Å². The fraction of sp³-hybridized carbons (Fsp3) is 0.643. The van der Waals surface area contributed by atoms with Crippen LogP contribution in [0.4, 0.5) is 5.82 Å². The Kier molecular flexibility index (Phi) is 4.00. The minimum atomic E-state index is 0.400. The third-order valence-corrected chi connectivity index (χ3v) is 3.76. The number of anilines is 1. The normalized spacial score (nSPS) is 17.6. The van der Waals surface area contributed by atoms with Crippen molar-refractivity contribution in [1.82, 2.24) is 10.3 Å². The molecule has 3 heteroatoms. The molecule has 0 aromatic carbocycles. The van der Waals surface area contributed by atoms with Gasteiger partial charge in [-0.15, -0.1) is 0 Å². The lowest BCUT2D eigenvalue weighted by Gasteiger charge is -2.35. The average Bonchev–Trinajstić information content (AvgIpc) is 2.27. The van der Waals surface area contributed by atoms with Crippen molar-refractivity contribution in [1.29, 1.82) is 0 Å². The van der Waals surface area contributed by atoms with Crippen LogP contribution in [0.1, 0.15) is 44.7 Å². The average molecular weight is 233 g/mol. The molecule has 94 valence electrons. The van der Waals surface area contributed by atoms with Crippen LogP contribution in [0.2, 0.25) is 0 Å². The summed E-state index contributed by atoms with van der Waals surface area (Å²) in [5.41, 5.74) is 1.32. The van der Waals surface area contributed by atoms with Gasteiger partial charge in [0.05, 0.1) is 0 Å². The zero-order valence-electron chi connectivity index (χ0n) is 11.1. The lowest BCUT2D eigenvalue weighted by atomic mass is 9.92. The van der Waals surface area contributed by atoms with Crippen LogP contribution in [-0.2, 0) is 0 Å². The number of nitrogens with one attached hydrogen (secondary N) is 1. The quantitative estimate of drug-likeness (QED) is 0.847. The van der Waals surface area contributed by atoms with Crippen molar-refractivity contribution in [2.75, 3.05) is 18.5 Å². The van der Waals surface area contributed by atoms with Gasteiger partial charge in [-0.2, -0.15) is 0 Å². The molecule has 17 heavy (non-hydrogen) atoms. The Hall–Kier alpha value is -1.09. The van der Waals surface area contributed by atoms with Crippen LogP contribution >= 0.6 is 0 Å². The SMILES string of the molecule is CCNC(C)c1ccnc(N(C)C2CCC2)c1. The second-order valence-electron chi connectivity index (χ2n) is 4.92. The molecule has 1 unspecified atom stereocenters. The predicted molar refractivity (Wildman–Crippen MR) is 72.4 cm³/mol. The molecule has 1 N–H and O–H groups in total. The fourth-order valence-electron chi connectivity index (χ4n) is 2.28. The molecule has 3 nitrogen and oxygen atoms in total. The van der Waals surface area contributed by atoms with Crippen molar-refractivity contribution in [2.45, 2.75) is 45.2 Å². The van der Waals surface area contributed by atoms with Gasteiger partial charge in [0.2, 0.25) is 0 Å². The summed E-state index contributed by atoms with van der Waals surface area (Å²) in [6, 6.07) is 5.42. The molecule has 1 aromatic heterocycles. The molecule has 2 rings (SSSR count). The zero-order valence-corrected chi connectivity index (χ0v) is 11.1. The van der Waals surface area contributed by atoms with Gasteiger partial charge < -0.3 is 10.2 Å². The number of nitrogens with zero attached hydrogens (tertiary/aromatic N) is 2. The van der Waals surface area contributed by atoms with Crippen molar-refractivity contribution >= 4 is 5.82 Å². The van der Waals surface area contributed by atoms with E-state index in [0.717, 1.165) is 12.4 Å². The summed E-state index contributed by atoms with van der Waals surface area (Å²) in [6.45, 7) is 5.34. The Balaban J connectivity index is 2.09. The van der Waals surface area contributed by atoms with Gasteiger partial charge in [0.25, 0.3) is 0 Å². The highest BCUT2D eigenvalue weighted by atomic mass is 15.2. The largest absolute Gasteiger partial charge is 0.357 e. The first-order chi connectivity index (χ1) is 8.22. The highest BCUT2D eigenvalue weighted by molar-refractivity contribution is 5.42. The number of rotatable bonds is 5. The van der Waals surface area contributed by atoms with Crippen molar-refractivity contribution in [3.8, 4) is 0 Å². The van der Waals surface area contributed by atoms with Crippen LogP contribution in [0.25, 0.3) is 0 Å². The first kappa shape index (κ1) is 12.4. The molecule has 1 saturated carbocycles. The smallest absolute Gasteiger partial charge is 0.128 e. The lowest BCUT2D eigenvalue weighted by Crippen LogP contribution is -2.37. The first-order valence-corrected chi connectivity index (χ1v) is 6.64. The molecule has 1 heterocycles. The summed E-state index contributed by atoms with van der Waals surface area (Å²) in [5.74, 6) is 1.11. The highest BCUT2D eigenvalue weighted by Gasteiger charge is 2.23. The molecule has 0 bridgehead atoms. The van der Waals surface area contributed by atoms with Gasteiger partial charge in [0, 0.05) is 25.3 Å². The first-order valence-electron chi connectivity index (χ1n) is 6.64. The maximum Gasteiger partial charge on any atom is 0.128 e. The zero-order chi connectivity index (χ0) is 12.3. The van der Waals surface area contributed by atoms with E-state index in [9.17, 15) is 0 Å². The summed E-state index contributed by atoms with van der Waals surface area (Å²) in [5, 5.41) is 3.44. The van der Waals surface area contributed by atoms with Gasteiger partial charge in [-0.25, -0.2) is 4.98 Å². The van der Waals surface area contributed by atoms with E-state index in [1.165, 1.54) is 24.8 Å². The predicted octanol–water partition coefficient (Wildman–Crippen LogP) is 2.74. The summed E-state index contributed by atoms with van der Waals surface area (Å²) in [6.07, 6.45) is 5.91. The number of hydrogen-bond donors (Lipinski definition) is 1. The Bertz CT molecular complexity index is 360. The van der Waals surface area contributed by atoms with Gasteiger partial charge in [-0.3, -0.25) is 0 Å². The van der Waals surface area contributed by atoms with E-state index in [0.29, 0.717) is 12.1 Å². The Morgan fingerprint density at radius 2 is 2.29 bits per heavy atom. The van der Waals surface area contributed by atoms with Crippen LogP contribution < -0.4 is 10.2 Å². The van der Waals surface area contributed by atoms with Crippen LogP contribution in [0.15, 0.2) is 18.3 Å². The number of hydrogen-bond acceptors (Lipinski definition) is 3. The van der Waals surface area contributed by atoms with E-state index in [1.807, 2.05) is 6.20 Å². The van der Waals surface area contributed by atoms with Crippen LogP contribution in [0.5, 0.6) is 0 Å². The number of aromatic nitrogens is 1. The van der Waals surface area contributed by atoms with Crippen LogP contribution in [0.3, 0.4) is 0 Å². The Morgan fingerprint density at radius 1 is 1.53 bits per heavy atom. The van der Waals surface area contributed by atoms with Gasteiger partial charge in [-0.1, -0.05) is 6.92 Å². The Labute approximate surface area is 104 Å². The second-order valence-corrected chi connectivity index (χ2v) is 4.92. The molecule has 1 aromatic rings. The maximum absolute atomic E-state index is 4.48. The topological polar surface area (TPSA) is 28.2 Å². The fourth-order valence-corrected chi connectivity index (χ4v) is 2.28. The number of pyridine rings is 1. The molecule has 0 aliphatic heterocycles. The monoisotopic (exact) mass is 233 g/mol. The molecule has 1 aliphatic rings. The molecule has 0 radical (unpaired) electrons. The maximum atomic E-state index is 4.48. The molecular weight excluding hydrogens is 210 g/mol. The molecule has 1 fully saturated rings. The van der Waals surface area contributed by atoms with Crippen LogP contribution in [0, 0.1) is 0 Å². The van der Waals surface area contributed by atoms with E-state index in [1.54, 1.807) is 0 Å². The second kappa shape index (κ2) is 5.50. The van der Waals surface area contributed by atoms with Crippen molar-refractivity contribution in [3.63, 3.8) is 0 Å². The molecule has 1 atom stereocenters. The van der Waals surface area contributed by atoms with Gasteiger partial charge >= 0.3 is 0 Å². The molecule has 1 aliphatic carbocycles. The molecule has 0 spiro atoms. The van der Waals surface area contributed by atoms with E-state index in [2.05, 4.69) is 48.2 Å². The minimum absolute atomic E-state index is 0.400. The summed E-state index contributed by atoms with van der Waals surface area (Å²) in [4.78, 5) is 6.81. The lowest BCUT2D eigenvalue weighted by molar-refractivity contribution is 0.399. The van der Waals surface area contributed by atoms with Crippen LogP contribution in [-0.4, -0.2) is 24.6 Å². The van der Waals surface area contributed by atoms with E-state index in [4.69, 9.17) is 0 Å². The van der Waals surface area contributed by atoms with Crippen molar-refractivity contribution < 1.29 is 0 Å². The molecule has 0 amide bonds. The third-order valence-electron chi connectivity index (χ3n) is 3.76. The van der Waals surface area contributed by atoms with Gasteiger partial charge in [0.15, 0.2) is 0 Å². The standard InChI is InChI=1S/C14H23N3/c1-4-15-11(2)12-8-9-16-14(10-12)17(3)13-6-5-7-13/h8-11,13,15H,4-7H2,1-3H3. The minimum Gasteiger partial charge on any atom is -0.357 e. The van der Waals surface area contributed by atoms with Crippen molar-refractivity contribution in [3.05, 3.63) is 23.9 Å². The van der Waals surface area contributed by atoms with E-state index >= 15 is 0 Å². The summed E-state index contributed by atoms with van der Waals surface area (Å²) in [7, 11) is 2.16. The van der Waals surface area contributed by atoms with Gasteiger partial charge in [-0.05, 0) is 50.4 Å². The highest BCUT2D eigenvalue weighted by Crippen LogP contribution is 2.28.